The van der Waals surface area contributed by atoms with Crippen LogP contribution < -0.4 is 0 Å². The highest BCUT2D eigenvalue weighted by Gasteiger charge is 2.35. The molecule has 1 saturated heterocycles. The monoisotopic (exact) mass is 291 g/mol. The molecule has 1 saturated carbocycles. The fraction of sp³-hybridized carbons (Fsp3) is 0.667. The molecule has 116 valence electrons. The van der Waals surface area contributed by atoms with Gasteiger partial charge < -0.3 is 5.11 Å². The maximum Gasteiger partial charge on any atom is 0.123 e. The summed E-state index contributed by atoms with van der Waals surface area (Å²) in [6, 6.07) is 7.36. The Morgan fingerprint density at radius 1 is 1.00 bits per heavy atom. The van der Waals surface area contributed by atoms with Crippen molar-refractivity contribution in [2.75, 3.05) is 6.54 Å². The lowest BCUT2D eigenvalue weighted by molar-refractivity contribution is -0.00861. The number of hydrogen-bond acceptors (Lipinski definition) is 2. The van der Waals surface area contributed by atoms with Crippen LogP contribution in [0, 0.1) is 11.7 Å². The molecule has 2 fully saturated rings. The quantitative estimate of drug-likeness (QED) is 0.917. The average Bonchev–Trinajstić information content (AvgIpc) is 2.51. The number of aliphatic hydroxyl groups is 1. The molecule has 3 atom stereocenters. The number of rotatable bonds is 3. The van der Waals surface area contributed by atoms with E-state index in [1.807, 2.05) is 12.1 Å². The van der Waals surface area contributed by atoms with Gasteiger partial charge in [-0.3, -0.25) is 4.90 Å². The third-order valence-corrected chi connectivity index (χ3v) is 5.24. The minimum atomic E-state index is -0.170. The van der Waals surface area contributed by atoms with Crippen LogP contribution in [0.3, 0.4) is 0 Å². The van der Waals surface area contributed by atoms with Crippen molar-refractivity contribution in [1.82, 2.24) is 4.90 Å². The van der Waals surface area contributed by atoms with Crippen molar-refractivity contribution in [2.45, 2.75) is 63.6 Å². The first-order valence-corrected chi connectivity index (χ1v) is 8.40. The van der Waals surface area contributed by atoms with Gasteiger partial charge in [0.15, 0.2) is 0 Å². The number of piperidine rings is 1. The van der Waals surface area contributed by atoms with Gasteiger partial charge in [0.2, 0.25) is 0 Å². The lowest BCUT2D eigenvalue weighted by Crippen LogP contribution is -2.48. The summed E-state index contributed by atoms with van der Waals surface area (Å²) in [6.45, 7) is 1.99. The van der Waals surface area contributed by atoms with E-state index in [4.69, 9.17) is 0 Å². The van der Waals surface area contributed by atoms with Gasteiger partial charge in [0.05, 0.1) is 6.10 Å². The maximum absolute atomic E-state index is 13.0. The molecule has 3 unspecified atom stereocenters. The molecule has 0 spiro atoms. The Morgan fingerprint density at radius 2 is 1.71 bits per heavy atom. The van der Waals surface area contributed by atoms with Gasteiger partial charge in [0.25, 0.3) is 0 Å². The summed E-state index contributed by atoms with van der Waals surface area (Å²) in [5, 5.41) is 10.4. The highest BCUT2D eigenvalue weighted by Crippen LogP contribution is 2.34. The Balaban J connectivity index is 1.70. The van der Waals surface area contributed by atoms with Crippen molar-refractivity contribution >= 4 is 0 Å². The summed E-state index contributed by atoms with van der Waals surface area (Å²) >= 11 is 0. The van der Waals surface area contributed by atoms with Gasteiger partial charge in [-0.1, -0.05) is 31.4 Å². The first-order valence-electron chi connectivity index (χ1n) is 8.40. The third kappa shape index (κ3) is 3.64. The SMILES string of the molecule is OC1CCCCC1C1CCCCN1Cc1ccc(F)cc1. The van der Waals surface area contributed by atoms with E-state index in [2.05, 4.69) is 4.90 Å². The molecule has 0 aromatic heterocycles. The summed E-state index contributed by atoms with van der Waals surface area (Å²) in [6.07, 6.45) is 8.12. The fourth-order valence-corrected chi connectivity index (χ4v) is 4.11. The van der Waals surface area contributed by atoms with E-state index in [0.717, 1.165) is 25.9 Å². The molecule has 1 N–H and O–H groups in total. The molecule has 3 rings (SSSR count). The van der Waals surface area contributed by atoms with Gasteiger partial charge in [-0.15, -0.1) is 0 Å². The Hall–Kier alpha value is -0.930. The van der Waals surface area contributed by atoms with Crippen LogP contribution in [-0.2, 0) is 6.54 Å². The highest BCUT2D eigenvalue weighted by atomic mass is 19.1. The van der Waals surface area contributed by atoms with Gasteiger partial charge in [0.1, 0.15) is 5.82 Å². The average molecular weight is 291 g/mol. The normalized spacial score (nSPS) is 31.2. The van der Waals surface area contributed by atoms with Crippen molar-refractivity contribution in [3.8, 4) is 0 Å². The Morgan fingerprint density at radius 3 is 2.48 bits per heavy atom. The largest absolute Gasteiger partial charge is 0.393 e. The number of hydrogen-bond donors (Lipinski definition) is 1. The second-order valence-corrected chi connectivity index (χ2v) is 6.68. The summed E-state index contributed by atoms with van der Waals surface area (Å²) in [5.41, 5.74) is 1.17. The predicted octanol–water partition coefficient (Wildman–Crippen LogP) is 3.73. The van der Waals surface area contributed by atoms with Crippen molar-refractivity contribution in [3.05, 3.63) is 35.6 Å². The Bertz CT molecular complexity index is 447. The summed E-state index contributed by atoms with van der Waals surface area (Å²) in [7, 11) is 0. The number of likely N-dealkylation sites (tertiary alicyclic amines) is 1. The topological polar surface area (TPSA) is 23.5 Å². The standard InChI is InChI=1S/C18H26FNO/c19-15-10-8-14(9-11-15)13-20-12-4-3-6-17(20)16-5-1-2-7-18(16)21/h8-11,16-18,21H,1-7,12-13H2. The molecule has 2 aliphatic rings. The van der Waals surface area contributed by atoms with Crippen molar-refractivity contribution in [3.63, 3.8) is 0 Å². The molecule has 1 heterocycles. The van der Waals surface area contributed by atoms with Crippen molar-refractivity contribution in [2.24, 2.45) is 5.92 Å². The van der Waals surface area contributed by atoms with Crippen LogP contribution in [0.1, 0.15) is 50.5 Å². The zero-order chi connectivity index (χ0) is 14.7. The molecule has 3 heteroatoms. The first-order chi connectivity index (χ1) is 10.2. The van der Waals surface area contributed by atoms with E-state index in [0.29, 0.717) is 12.0 Å². The minimum Gasteiger partial charge on any atom is -0.393 e. The molecular weight excluding hydrogens is 265 g/mol. The molecule has 1 aromatic carbocycles. The Labute approximate surface area is 127 Å². The highest BCUT2D eigenvalue weighted by molar-refractivity contribution is 5.16. The fourth-order valence-electron chi connectivity index (χ4n) is 4.11. The van der Waals surface area contributed by atoms with E-state index in [9.17, 15) is 9.50 Å². The van der Waals surface area contributed by atoms with Gasteiger partial charge in [-0.2, -0.15) is 0 Å². The molecule has 1 aliphatic carbocycles. The number of aliphatic hydroxyl groups excluding tert-OH is 1. The molecular formula is C18H26FNO. The van der Waals surface area contributed by atoms with Gasteiger partial charge in [-0.05, 0) is 49.9 Å². The van der Waals surface area contributed by atoms with Gasteiger partial charge >= 0.3 is 0 Å². The zero-order valence-corrected chi connectivity index (χ0v) is 12.7. The van der Waals surface area contributed by atoms with Gasteiger partial charge in [0, 0.05) is 18.5 Å². The molecule has 2 nitrogen and oxygen atoms in total. The second kappa shape index (κ2) is 6.89. The summed E-state index contributed by atoms with van der Waals surface area (Å²) < 4.78 is 13.0. The maximum atomic E-state index is 13.0. The van der Waals surface area contributed by atoms with E-state index < -0.39 is 0 Å². The van der Waals surface area contributed by atoms with Crippen molar-refractivity contribution < 1.29 is 9.50 Å². The van der Waals surface area contributed by atoms with Crippen LogP contribution in [-0.4, -0.2) is 28.7 Å². The van der Waals surface area contributed by atoms with Crippen LogP contribution in [0.15, 0.2) is 24.3 Å². The van der Waals surface area contributed by atoms with Crippen LogP contribution in [0.5, 0.6) is 0 Å². The van der Waals surface area contributed by atoms with E-state index in [1.54, 1.807) is 12.1 Å². The van der Waals surface area contributed by atoms with Gasteiger partial charge in [-0.25, -0.2) is 4.39 Å². The molecule has 0 radical (unpaired) electrons. The molecule has 21 heavy (non-hydrogen) atoms. The van der Waals surface area contributed by atoms with Crippen LogP contribution in [0.4, 0.5) is 4.39 Å². The Kier molecular flexibility index (Phi) is 4.91. The number of halogens is 1. The van der Waals surface area contributed by atoms with E-state index in [1.165, 1.54) is 37.7 Å². The molecule has 0 amide bonds. The van der Waals surface area contributed by atoms with E-state index >= 15 is 0 Å². The van der Waals surface area contributed by atoms with Crippen LogP contribution in [0.25, 0.3) is 0 Å². The summed E-state index contributed by atoms with van der Waals surface area (Å²) in [4.78, 5) is 2.52. The van der Waals surface area contributed by atoms with E-state index in [-0.39, 0.29) is 11.9 Å². The minimum absolute atomic E-state index is 0.127. The van der Waals surface area contributed by atoms with Crippen LogP contribution >= 0.6 is 0 Å². The molecule has 1 aromatic rings. The second-order valence-electron chi connectivity index (χ2n) is 6.68. The molecule has 0 bridgehead atoms. The number of benzene rings is 1. The third-order valence-electron chi connectivity index (χ3n) is 5.24. The predicted molar refractivity (Wildman–Crippen MR) is 82.4 cm³/mol. The molecule has 1 aliphatic heterocycles. The smallest absolute Gasteiger partial charge is 0.123 e. The first kappa shape index (κ1) is 15.0. The zero-order valence-electron chi connectivity index (χ0n) is 12.7. The van der Waals surface area contributed by atoms with Crippen molar-refractivity contribution in [1.29, 1.82) is 0 Å². The number of nitrogens with zero attached hydrogens (tertiary/aromatic N) is 1. The van der Waals surface area contributed by atoms with Crippen LogP contribution in [0.2, 0.25) is 0 Å². The lowest BCUT2D eigenvalue weighted by atomic mass is 9.78. The summed E-state index contributed by atoms with van der Waals surface area (Å²) in [5.74, 6) is 0.260. The lowest BCUT2D eigenvalue weighted by Gasteiger charge is -2.43.